The minimum atomic E-state index is -1.10. The van der Waals surface area contributed by atoms with Crippen molar-refractivity contribution in [3.8, 4) is 0 Å². The van der Waals surface area contributed by atoms with Gasteiger partial charge in [-0.25, -0.2) is 4.79 Å². The largest absolute Gasteiger partial charge is 0.478 e. The number of nitro groups is 1. The number of nitrogens with one attached hydrogen (secondary N) is 1. The molecule has 7 heteroatoms. The first kappa shape index (κ1) is 12.9. The number of rotatable bonds is 4. The zero-order valence-electron chi connectivity index (χ0n) is 10.6. The van der Waals surface area contributed by atoms with Crippen molar-refractivity contribution in [1.82, 2.24) is 0 Å². The van der Waals surface area contributed by atoms with Gasteiger partial charge in [0.25, 0.3) is 5.69 Å². The number of carboxylic acid groups (broad SMARTS) is 1. The number of carboxylic acids is 1. The maximum absolute atomic E-state index is 11.0. The first-order chi connectivity index (χ1) is 9.54. The Kier molecular flexibility index (Phi) is 3.06. The predicted molar refractivity (Wildman–Crippen MR) is 70.0 cm³/mol. The molecule has 0 spiro atoms. The molecule has 2 aliphatic heterocycles. The highest BCUT2D eigenvalue weighted by atomic mass is 16.6. The second-order valence-corrected chi connectivity index (χ2v) is 5.15. The standard InChI is InChI=1S/C13H14N2O5/c16-13(17)7-1-3-11(15(18)19)9(5-7)14-10-6-8-2-4-12(10)20-8/h1,3,5,8,10,12,14H,2,4,6H2,(H,16,17). The summed E-state index contributed by atoms with van der Waals surface area (Å²) in [4.78, 5) is 21.5. The summed E-state index contributed by atoms with van der Waals surface area (Å²) in [5.74, 6) is -1.10. The van der Waals surface area contributed by atoms with Gasteiger partial charge in [-0.3, -0.25) is 10.1 Å². The van der Waals surface area contributed by atoms with Crippen LogP contribution in [0.25, 0.3) is 0 Å². The summed E-state index contributed by atoms with van der Waals surface area (Å²) in [6.07, 6.45) is 3.06. The second kappa shape index (κ2) is 4.75. The molecule has 0 amide bonds. The quantitative estimate of drug-likeness (QED) is 0.645. The van der Waals surface area contributed by atoms with Crippen LogP contribution in [0.15, 0.2) is 18.2 Å². The SMILES string of the molecule is O=C(O)c1ccc([N+](=O)[O-])c(NC2CC3CCC2O3)c1. The normalized spacial score (nSPS) is 27.5. The summed E-state index contributed by atoms with van der Waals surface area (Å²) in [5, 5.41) is 23.1. The average molecular weight is 278 g/mol. The van der Waals surface area contributed by atoms with Gasteiger partial charge < -0.3 is 15.2 Å². The van der Waals surface area contributed by atoms with Crippen LogP contribution in [0, 0.1) is 10.1 Å². The molecule has 2 fully saturated rings. The van der Waals surface area contributed by atoms with Crippen molar-refractivity contribution >= 4 is 17.3 Å². The van der Waals surface area contributed by atoms with Crippen LogP contribution in [-0.2, 0) is 4.74 Å². The molecule has 3 atom stereocenters. The number of benzene rings is 1. The Labute approximate surface area is 114 Å². The maximum Gasteiger partial charge on any atom is 0.335 e. The monoisotopic (exact) mass is 278 g/mol. The second-order valence-electron chi connectivity index (χ2n) is 5.15. The topological polar surface area (TPSA) is 102 Å². The first-order valence-corrected chi connectivity index (χ1v) is 6.48. The number of anilines is 1. The molecule has 1 aromatic carbocycles. The van der Waals surface area contributed by atoms with Crippen LogP contribution in [0.4, 0.5) is 11.4 Å². The molecule has 3 rings (SSSR count). The van der Waals surface area contributed by atoms with E-state index in [-0.39, 0.29) is 35.2 Å². The fourth-order valence-electron chi connectivity index (χ4n) is 2.93. The third-order valence-electron chi connectivity index (χ3n) is 3.89. The summed E-state index contributed by atoms with van der Waals surface area (Å²) >= 11 is 0. The van der Waals surface area contributed by atoms with E-state index in [1.807, 2.05) is 0 Å². The van der Waals surface area contributed by atoms with E-state index in [1.165, 1.54) is 18.2 Å². The van der Waals surface area contributed by atoms with Crippen LogP contribution >= 0.6 is 0 Å². The lowest BCUT2D eigenvalue weighted by atomic mass is 9.95. The maximum atomic E-state index is 11.0. The van der Waals surface area contributed by atoms with Gasteiger partial charge in [-0.2, -0.15) is 0 Å². The highest BCUT2D eigenvalue weighted by Gasteiger charge is 2.41. The molecular formula is C13H14N2O5. The van der Waals surface area contributed by atoms with Gasteiger partial charge in [0.15, 0.2) is 0 Å². The van der Waals surface area contributed by atoms with E-state index in [4.69, 9.17) is 9.84 Å². The predicted octanol–water partition coefficient (Wildman–Crippen LogP) is 2.02. The molecule has 2 aliphatic rings. The molecule has 0 aliphatic carbocycles. The lowest BCUT2D eigenvalue weighted by Crippen LogP contribution is -2.30. The lowest BCUT2D eigenvalue weighted by Gasteiger charge is -2.21. The van der Waals surface area contributed by atoms with Crippen LogP contribution in [0.5, 0.6) is 0 Å². The third-order valence-corrected chi connectivity index (χ3v) is 3.89. The van der Waals surface area contributed by atoms with E-state index < -0.39 is 10.9 Å². The van der Waals surface area contributed by atoms with Gasteiger partial charge in [0.1, 0.15) is 5.69 Å². The Balaban J connectivity index is 1.88. The van der Waals surface area contributed by atoms with Crippen LogP contribution in [0.3, 0.4) is 0 Å². The molecule has 2 N–H and O–H groups in total. The van der Waals surface area contributed by atoms with E-state index in [2.05, 4.69) is 5.32 Å². The zero-order chi connectivity index (χ0) is 14.3. The van der Waals surface area contributed by atoms with Gasteiger partial charge in [-0.05, 0) is 31.4 Å². The Morgan fingerprint density at radius 3 is 2.80 bits per heavy atom. The number of hydrogen-bond donors (Lipinski definition) is 2. The van der Waals surface area contributed by atoms with Gasteiger partial charge >= 0.3 is 5.97 Å². The Morgan fingerprint density at radius 1 is 1.45 bits per heavy atom. The van der Waals surface area contributed by atoms with Crippen molar-refractivity contribution in [1.29, 1.82) is 0 Å². The zero-order valence-corrected chi connectivity index (χ0v) is 10.6. The minimum absolute atomic E-state index is 0.0106. The van der Waals surface area contributed by atoms with E-state index in [0.717, 1.165) is 19.3 Å². The van der Waals surface area contributed by atoms with Gasteiger partial charge in [0.2, 0.25) is 0 Å². The molecule has 0 aromatic heterocycles. The lowest BCUT2D eigenvalue weighted by molar-refractivity contribution is -0.384. The number of hydrogen-bond acceptors (Lipinski definition) is 5. The van der Waals surface area contributed by atoms with Crippen molar-refractivity contribution in [2.45, 2.75) is 37.5 Å². The summed E-state index contributed by atoms with van der Waals surface area (Å²) in [5.41, 5.74) is 0.163. The van der Waals surface area contributed by atoms with Gasteiger partial charge in [0.05, 0.1) is 28.7 Å². The number of aromatic carboxylic acids is 1. The van der Waals surface area contributed by atoms with Gasteiger partial charge in [-0.1, -0.05) is 0 Å². The summed E-state index contributed by atoms with van der Waals surface area (Å²) < 4.78 is 5.69. The molecule has 3 unspecified atom stereocenters. The molecule has 20 heavy (non-hydrogen) atoms. The Bertz CT molecular complexity index is 574. The molecule has 2 saturated heterocycles. The van der Waals surface area contributed by atoms with Crippen molar-refractivity contribution in [2.75, 3.05) is 5.32 Å². The van der Waals surface area contributed by atoms with Crippen LogP contribution in [0.1, 0.15) is 29.6 Å². The molecular weight excluding hydrogens is 264 g/mol. The molecule has 7 nitrogen and oxygen atoms in total. The van der Waals surface area contributed by atoms with E-state index in [0.29, 0.717) is 0 Å². The number of carbonyl (C=O) groups is 1. The highest BCUT2D eigenvalue weighted by molar-refractivity contribution is 5.90. The van der Waals surface area contributed by atoms with Crippen molar-refractivity contribution in [3.05, 3.63) is 33.9 Å². The number of fused-ring (bicyclic) bond motifs is 2. The molecule has 0 radical (unpaired) electrons. The van der Waals surface area contributed by atoms with E-state index >= 15 is 0 Å². The highest BCUT2D eigenvalue weighted by Crippen LogP contribution is 2.37. The smallest absolute Gasteiger partial charge is 0.335 e. The molecule has 1 aromatic rings. The van der Waals surface area contributed by atoms with Gasteiger partial charge in [0, 0.05) is 6.07 Å². The summed E-state index contributed by atoms with van der Waals surface area (Å²) in [7, 11) is 0. The van der Waals surface area contributed by atoms with E-state index in [1.54, 1.807) is 0 Å². The fourth-order valence-corrected chi connectivity index (χ4v) is 2.93. The van der Waals surface area contributed by atoms with Crippen molar-refractivity contribution in [3.63, 3.8) is 0 Å². The van der Waals surface area contributed by atoms with Gasteiger partial charge in [-0.15, -0.1) is 0 Å². The number of nitro benzene ring substituents is 1. The van der Waals surface area contributed by atoms with Crippen LogP contribution in [0.2, 0.25) is 0 Å². The summed E-state index contributed by atoms with van der Waals surface area (Å²) in [6.45, 7) is 0. The van der Waals surface area contributed by atoms with E-state index in [9.17, 15) is 14.9 Å². The minimum Gasteiger partial charge on any atom is -0.478 e. The molecule has 2 heterocycles. The molecule has 2 bridgehead atoms. The third kappa shape index (κ3) is 2.20. The first-order valence-electron chi connectivity index (χ1n) is 6.48. The van der Waals surface area contributed by atoms with Crippen LogP contribution in [-0.4, -0.2) is 34.2 Å². The number of nitrogens with zero attached hydrogens (tertiary/aromatic N) is 1. The van der Waals surface area contributed by atoms with Crippen molar-refractivity contribution in [2.24, 2.45) is 0 Å². The van der Waals surface area contributed by atoms with Crippen molar-refractivity contribution < 1.29 is 19.6 Å². The average Bonchev–Trinajstić information content (AvgIpc) is 3.00. The van der Waals surface area contributed by atoms with Crippen LogP contribution < -0.4 is 5.32 Å². The Morgan fingerprint density at radius 2 is 2.25 bits per heavy atom. The molecule has 0 saturated carbocycles. The number of ether oxygens (including phenoxy) is 1. The Hall–Kier alpha value is -2.15. The molecule has 106 valence electrons. The fraction of sp³-hybridized carbons (Fsp3) is 0.462. The summed E-state index contributed by atoms with van der Waals surface area (Å²) in [6, 6.07) is 3.78.